The van der Waals surface area contributed by atoms with Crippen LogP contribution in [0.1, 0.15) is 28.8 Å². The fourth-order valence-electron chi connectivity index (χ4n) is 4.54. The Labute approximate surface area is 198 Å². The molecule has 2 aliphatic rings. The minimum Gasteiger partial charge on any atom is -0.336 e. The largest absolute Gasteiger partial charge is 0.336 e. The van der Waals surface area contributed by atoms with Gasteiger partial charge in [-0.05, 0) is 42.7 Å². The Morgan fingerprint density at radius 3 is 2.47 bits per heavy atom. The van der Waals surface area contributed by atoms with Gasteiger partial charge in [0.1, 0.15) is 11.6 Å². The first-order valence-electron chi connectivity index (χ1n) is 11.0. The van der Waals surface area contributed by atoms with Gasteiger partial charge in [0, 0.05) is 55.1 Å². The van der Waals surface area contributed by atoms with Gasteiger partial charge in [-0.3, -0.25) is 9.78 Å². The van der Waals surface area contributed by atoms with Gasteiger partial charge < -0.3 is 4.90 Å². The first kappa shape index (κ1) is 22.6. The summed E-state index contributed by atoms with van der Waals surface area (Å²) in [5.74, 6) is -1.43. The second kappa shape index (κ2) is 8.53. The summed E-state index contributed by atoms with van der Waals surface area (Å²) in [5.41, 5.74) is 1.02. The molecule has 0 bridgehead atoms. The third-order valence-corrected chi connectivity index (χ3v) is 7.80. The van der Waals surface area contributed by atoms with Crippen LogP contribution in [0, 0.1) is 23.0 Å². The van der Waals surface area contributed by atoms with Crippen molar-refractivity contribution in [2.45, 2.75) is 18.3 Å². The molecule has 1 aromatic heterocycles. The quantitative estimate of drug-likeness (QED) is 0.569. The van der Waals surface area contributed by atoms with Crippen molar-refractivity contribution in [2.24, 2.45) is 0 Å². The lowest BCUT2D eigenvalue weighted by Crippen LogP contribution is -2.49. The molecule has 1 saturated carbocycles. The molecule has 2 heterocycles. The Balaban J connectivity index is 1.61. The van der Waals surface area contributed by atoms with E-state index in [2.05, 4.69) is 11.1 Å². The highest BCUT2D eigenvalue weighted by atomic mass is 32.2. The van der Waals surface area contributed by atoms with Crippen LogP contribution < -0.4 is 0 Å². The third kappa shape index (κ3) is 3.87. The van der Waals surface area contributed by atoms with Crippen LogP contribution in [0.25, 0.3) is 22.0 Å². The lowest BCUT2D eigenvalue weighted by Gasteiger charge is -2.33. The fraction of sp³-hybridized carbons (Fsp3) is 0.320. The van der Waals surface area contributed by atoms with Crippen LogP contribution in [-0.2, 0) is 16.4 Å². The Morgan fingerprint density at radius 1 is 1.12 bits per heavy atom. The van der Waals surface area contributed by atoms with Gasteiger partial charge in [0.25, 0.3) is 5.91 Å². The zero-order chi connectivity index (χ0) is 24.0. The Morgan fingerprint density at radius 2 is 1.85 bits per heavy atom. The van der Waals surface area contributed by atoms with Crippen LogP contribution in [0.15, 0.2) is 42.6 Å². The van der Waals surface area contributed by atoms with Gasteiger partial charge in [0.05, 0.1) is 33.5 Å². The number of nitrogens with zero attached hydrogens (tertiary/aromatic N) is 4. The molecule has 0 N–H and O–H groups in total. The Hall–Kier alpha value is -3.22. The second-order valence-electron chi connectivity index (χ2n) is 8.74. The average Bonchev–Trinajstić information content (AvgIpc) is 3.64. The minimum atomic E-state index is -1.12. The highest BCUT2D eigenvalue weighted by Crippen LogP contribution is 2.48. The number of carbonyl (C=O) groups is 1. The number of carbonyl (C=O) groups excluding carboxylic acids is 1. The van der Waals surface area contributed by atoms with Crippen LogP contribution in [-0.4, -0.2) is 56.7 Å². The SMILES string of the molecule is CS(=O)N1CCN(C(=O)c2cnc3ccc(F)cc3c2-c2ccc(C3(C#N)CC3)cc2F)CC1. The number of aromatic nitrogens is 1. The number of rotatable bonds is 4. The molecule has 6 nitrogen and oxygen atoms in total. The number of hydrogen-bond acceptors (Lipinski definition) is 4. The van der Waals surface area contributed by atoms with Crippen molar-refractivity contribution in [1.29, 1.82) is 5.26 Å². The van der Waals surface area contributed by atoms with E-state index in [0.29, 0.717) is 55.5 Å². The highest BCUT2D eigenvalue weighted by molar-refractivity contribution is 7.81. The van der Waals surface area contributed by atoms with Crippen LogP contribution in [0.5, 0.6) is 0 Å². The first-order chi connectivity index (χ1) is 16.3. The lowest BCUT2D eigenvalue weighted by atomic mass is 9.91. The maximum Gasteiger partial charge on any atom is 0.256 e. The maximum absolute atomic E-state index is 15.5. The molecule has 1 aliphatic heterocycles. The fourth-order valence-corrected chi connectivity index (χ4v) is 5.22. The van der Waals surface area contributed by atoms with Gasteiger partial charge in [-0.1, -0.05) is 12.1 Å². The molecule has 9 heteroatoms. The smallest absolute Gasteiger partial charge is 0.256 e. The molecule has 174 valence electrons. The first-order valence-corrected chi connectivity index (χ1v) is 12.5. The summed E-state index contributed by atoms with van der Waals surface area (Å²) in [6.45, 7) is 1.65. The Bertz CT molecular complexity index is 1380. The second-order valence-corrected chi connectivity index (χ2v) is 10.1. The number of nitriles is 1. The van der Waals surface area contributed by atoms with Crippen molar-refractivity contribution in [2.75, 3.05) is 32.4 Å². The molecule has 0 spiro atoms. The summed E-state index contributed by atoms with van der Waals surface area (Å²) in [6, 6.07) is 10.9. The number of hydrogen-bond donors (Lipinski definition) is 0. The molecule has 34 heavy (non-hydrogen) atoms. The van der Waals surface area contributed by atoms with Gasteiger partial charge >= 0.3 is 0 Å². The molecule has 1 atom stereocenters. The van der Waals surface area contributed by atoms with Gasteiger partial charge in [-0.2, -0.15) is 5.26 Å². The number of benzene rings is 2. The van der Waals surface area contributed by atoms with E-state index in [4.69, 9.17) is 0 Å². The van der Waals surface area contributed by atoms with Crippen molar-refractivity contribution in [3.8, 4) is 17.2 Å². The van der Waals surface area contributed by atoms with E-state index < -0.39 is 28.0 Å². The molecular weight excluding hydrogens is 458 g/mol. The van der Waals surface area contributed by atoms with E-state index in [9.17, 15) is 18.7 Å². The van der Waals surface area contributed by atoms with Crippen LogP contribution in [0.2, 0.25) is 0 Å². The Kier molecular flexibility index (Phi) is 5.66. The number of amides is 1. The summed E-state index contributed by atoms with van der Waals surface area (Å²) in [4.78, 5) is 19.5. The molecular formula is C25H22F2N4O2S. The lowest BCUT2D eigenvalue weighted by molar-refractivity contribution is 0.0701. The van der Waals surface area contributed by atoms with E-state index in [1.165, 1.54) is 30.5 Å². The minimum absolute atomic E-state index is 0.159. The van der Waals surface area contributed by atoms with E-state index >= 15 is 4.39 Å². The van der Waals surface area contributed by atoms with Crippen LogP contribution in [0.3, 0.4) is 0 Å². The van der Waals surface area contributed by atoms with Gasteiger partial charge in [0.2, 0.25) is 0 Å². The number of pyridine rings is 1. The van der Waals surface area contributed by atoms with E-state index in [0.717, 1.165) is 0 Å². The molecule has 3 aromatic rings. The predicted octanol–water partition coefficient (Wildman–Crippen LogP) is 3.79. The van der Waals surface area contributed by atoms with Crippen LogP contribution >= 0.6 is 0 Å². The van der Waals surface area contributed by atoms with Crippen molar-refractivity contribution < 1.29 is 17.8 Å². The predicted molar refractivity (Wildman–Crippen MR) is 125 cm³/mol. The summed E-state index contributed by atoms with van der Waals surface area (Å²) in [7, 11) is -1.12. The molecule has 2 fully saturated rings. The third-order valence-electron chi connectivity index (χ3n) is 6.70. The standard InChI is InChI=1S/C25H22F2N4O2S/c1-34(33)31-10-8-30(9-11-31)24(32)20-14-29-22-5-3-17(26)13-19(22)23(20)18-4-2-16(12-21(18)27)25(15-28)6-7-25/h2-5,12-14H,6-11H2,1H3. The van der Waals surface area contributed by atoms with E-state index in [1.807, 2.05) is 0 Å². The van der Waals surface area contributed by atoms with E-state index in [-0.39, 0.29) is 22.6 Å². The summed E-state index contributed by atoms with van der Waals surface area (Å²) in [6.07, 6.45) is 4.38. The molecule has 1 amide bonds. The van der Waals surface area contributed by atoms with Gasteiger partial charge in [-0.15, -0.1) is 0 Å². The molecule has 5 rings (SSSR count). The average molecular weight is 481 g/mol. The molecule has 2 aromatic carbocycles. The van der Waals surface area contributed by atoms with E-state index in [1.54, 1.807) is 27.6 Å². The normalized spacial score (nSPS) is 18.5. The van der Waals surface area contributed by atoms with Crippen LogP contribution in [0.4, 0.5) is 8.78 Å². The highest BCUT2D eigenvalue weighted by Gasteiger charge is 2.45. The molecule has 1 aliphatic carbocycles. The number of halogens is 2. The zero-order valence-corrected chi connectivity index (χ0v) is 19.4. The van der Waals surface area contributed by atoms with Gasteiger partial charge in [0.15, 0.2) is 0 Å². The van der Waals surface area contributed by atoms with Crippen molar-refractivity contribution in [3.05, 3.63) is 65.4 Å². The summed E-state index contributed by atoms with van der Waals surface area (Å²) >= 11 is 0. The topological polar surface area (TPSA) is 77.3 Å². The summed E-state index contributed by atoms with van der Waals surface area (Å²) < 4.78 is 43.3. The molecule has 1 unspecified atom stereocenters. The molecule has 0 radical (unpaired) electrons. The van der Waals surface area contributed by atoms with Crippen molar-refractivity contribution in [1.82, 2.24) is 14.2 Å². The number of fused-ring (bicyclic) bond motifs is 1. The summed E-state index contributed by atoms with van der Waals surface area (Å²) in [5, 5.41) is 9.82. The van der Waals surface area contributed by atoms with Gasteiger partial charge in [-0.25, -0.2) is 17.3 Å². The van der Waals surface area contributed by atoms with Crippen molar-refractivity contribution in [3.63, 3.8) is 0 Å². The molecule has 1 saturated heterocycles. The van der Waals surface area contributed by atoms with Crippen molar-refractivity contribution >= 4 is 27.8 Å². The maximum atomic E-state index is 15.5. The zero-order valence-electron chi connectivity index (χ0n) is 18.6. The number of piperazine rings is 1. The monoisotopic (exact) mass is 480 g/mol.